The summed E-state index contributed by atoms with van der Waals surface area (Å²) in [7, 11) is 0. The lowest BCUT2D eigenvalue weighted by Crippen LogP contribution is -2.02. The van der Waals surface area contributed by atoms with Crippen LogP contribution in [0.25, 0.3) is 0 Å². The lowest BCUT2D eigenvalue weighted by atomic mass is 10.0. The van der Waals surface area contributed by atoms with Crippen molar-refractivity contribution in [3.8, 4) is 0 Å². The second kappa shape index (κ2) is 4.90. The zero-order chi connectivity index (χ0) is 12.4. The molecule has 2 N–H and O–H groups in total. The van der Waals surface area contributed by atoms with E-state index in [-0.39, 0.29) is 5.78 Å². The van der Waals surface area contributed by atoms with Crippen LogP contribution in [0.4, 0.5) is 5.69 Å². The molecule has 0 aliphatic carbocycles. The molecule has 0 aliphatic rings. The molecular weight excluding hydrogens is 302 g/mol. The first kappa shape index (κ1) is 12.1. The number of nitrogen functional groups attached to an aromatic ring is 1. The van der Waals surface area contributed by atoms with E-state index in [1.807, 2.05) is 0 Å². The van der Waals surface area contributed by atoms with Crippen molar-refractivity contribution in [3.63, 3.8) is 0 Å². The molecule has 0 unspecified atom stereocenters. The van der Waals surface area contributed by atoms with Crippen molar-refractivity contribution < 1.29 is 4.79 Å². The van der Waals surface area contributed by atoms with Gasteiger partial charge in [-0.25, -0.2) is 0 Å². The number of benzene rings is 2. The van der Waals surface area contributed by atoms with Crippen LogP contribution >= 0.6 is 27.5 Å². The molecule has 0 spiro atoms. The lowest BCUT2D eigenvalue weighted by molar-refractivity contribution is 0.103. The Balaban J connectivity index is 2.40. The summed E-state index contributed by atoms with van der Waals surface area (Å²) >= 11 is 9.16. The SMILES string of the molecule is Nc1ccc(C(=O)c2ccc(Cl)cc2Br)cc1. The maximum Gasteiger partial charge on any atom is 0.194 e. The summed E-state index contributed by atoms with van der Waals surface area (Å²) in [5.41, 5.74) is 7.39. The second-order valence-electron chi connectivity index (χ2n) is 3.58. The number of hydrogen-bond acceptors (Lipinski definition) is 2. The maximum atomic E-state index is 12.2. The molecule has 2 rings (SSSR count). The van der Waals surface area contributed by atoms with Crippen molar-refractivity contribution in [1.82, 2.24) is 0 Å². The van der Waals surface area contributed by atoms with Gasteiger partial charge in [-0.1, -0.05) is 11.6 Å². The first-order chi connectivity index (χ1) is 8.08. The summed E-state index contributed by atoms with van der Waals surface area (Å²) in [5, 5.41) is 0.589. The Labute approximate surface area is 113 Å². The Kier molecular flexibility index (Phi) is 3.50. The topological polar surface area (TPSA) is 43.1 Å². The minimum absolute atomic E-state index is 0.0615. The van der Waals surface area contributed by atoms with Gasteiger partial charge in [0.25, 0.3) is 0 Å². The van der Waals surface area contributed by atoms with Crippen LogP contribution in [-0.2, 0) is 0 Å². The Bertz CT molecular complexity index is 566. The molecular formula is C13H9BrClNO. The van der Waals surface area contributed by atoms with Crippen molar-refractivity contribution in [2.45, 2.75) is 0 Å². The summed E-state index contributed by atoms with van der Waals surface area (Å²) in [6.07, 6.45) is 0. The van der Waals surface area contributed by atoms with Gasteiger partial charge in [0, 0.05) is 26.3 Å². The molecule has 2 aromatic carbocycles. The summed E-state index contributed by atoms with van der Waals surface area (Å²) in [6.45, 7) is 0. The Hall–Kier alpha value is -1.32. The average molecular weight is 311 g/mol. The molecule has 0 aliphatic heterocycles. The molecule has 0 heterocycles. The van der Waals surface area contributed by atoms with Crippen LogP contribution in [0.15, 0.2) is 46.9 Å². The van der Waals surface area contributed by atoms with Crippen LogP contribution in [-0.4, -0.2) is 5.78 Å². The normalized spacial score (nSPS) is 10.2. The third-order valence-electron chi connectivity index (χ3n) is 2.35. The van der Waals surface area contributed by atoms with Crippen LogP contribution < -0.4 is 5.73 Å². The molecule has 0 fully saturated rings. The van der Waals surface area contributed by atoms with E-state index in [1.165, 1.54) is 0 Å². The molecule has 86 valence electrons. The van der Waals surface area contributed by atoms with Gasteiger partial charge in [-0.2, -0.15) is 0 Å². The van der Waals surface area contributed by atoms with Crippen LogP contribution in [0.5, 0.6) is 0 Å². The maximum absolute atomic E-state index is 12.2. The van der Waals surface area contributed by atoms with Gasteiger partial charge in [-0.05, 0) is 58.4 Å². The minimum atomic E-state index is -0.0615. The Morgan fingerprint density at radius 1 is 1.12 bits per heavy atom. The molecule has 0 saturated heterocycles. The number of halogens is 2. The van der Waals surface area contributed by atoms with Gasteiger partial charge in [0.15, 0.2) is 5.78 Å². The van der Waals surface area contributed by atoms with Crippen molar-refractivity contribution in [3.05, 3.63) is 63.1 Å². The van der Waals surface area contributed by atoms with E-state index in [9.17, 15) is 4.79 Å². The standard InChI is InChI=1S/C13H9BrClNO/c14-12-7-9(15)3-6-11(12)13(17)8-1-4-10(16)5-2-8/h1-7H,16H2. The van der Waals surface area contributed by atoms with E-state index in [0.717, 1.165) is 0 Å². The van der Waals surface area contributed by atoms with Gasteiger partial charge in [0.2, 0.25) is 0 Å². The van der Waals surface area contributed by atoms with E-state index in [2.05, 4.69) is 15.9 Å². The van der Waals surface area contributed by atoms with Crippen LogP contribution in [0, 0.1) is 0 Å². The Morgan fingerprint density at radius 2 is 1.76 bits per heavy atom. The zero-order valence-corrected chi connectivity index (χ0v) is 11.1. The van der Waals surface area contributed by atoms with Gasteiger partial charge in [-0.15, -0.1) is 0 Å². The van der Waals surface area contributed by atoms with Gasteiger partial charge in [-0.3, -0.25) is 4.79 Å². The number of nitrogens with two attached hydrogens (primary N) is 1. The van der Waals surface area contributed by atoms with Crippen LogP contribution in [0.3, 0.4) is 0 Å². The molecule has 0 atom stereocenters. The monoisotopic (exact) mass is 309 g/mol. The lowest BCUT2D eigenvalue weighted by Gasteiger charge is -2.04. The number of ketones is 1. The quantitative estimate of drug-likeness (QED) is 0.675. The van der Waals surface area contributed by atoms with E-state index in [1.54, 1.807) is 42.5 Å². The zero-order valence-electron chi connectivity index (χ0n) is 8.78. The van der Waals surface area contributed by atoms with Crippen LogP contribution in [0.2, 0.25) is 5.02 Å². The van der Waals surface area contributed by atoms with Gasteiger partial charge < -0.3 is 5.73 Å². The highest BCUT2D eigenvalue weighted by Crippen LogP contribution is 2.24. The predicted molar refractivity (Wildman–Crippen MR) is 73.4 cm³/mol. The summed E-state index contributed by atoms with van der Waals surface area (Å²) in [5.74, 6) is -0.0615. The highest BCUT2D eigenvalue weighted by molar-refractivity contribution is 9.10. The number of hydrogen-bond donors (Lipinski definition) is 1. The van der Waals surface area contributed by atoms with E-state index in [0.29, 0.717) is 26.3 Å². The second-order valence-corrected chi connectivity index (χ2v) is 4.87. The number of rotatable bonds is 2. The fourth-order valence-corrected chi connectivity index (χ4v) is 2.33. The molecule has 0 bridgehead atoms. The van der Waals surface area contributed by atoms with Crippen molar-refractivity contribution in [2.24, 2.45) is 0 Å². The van der Waals surface area contributed by atoms with E-state index in [4.69, 9.17) is 17.3 Å². The Morgan fingerprint density at radius 3 is 2.35 bits per heavy atom. The van der Waals surface area contributed by atoms with Gasteiger partial charge >= 0.3 is 0 Å². The van der Waals surface area contributed by atoms with Crippen molar-refractivity contribution in [2.75, 3.05) is 5.73 Å². The number of carbonyl (C=O) groups excluding carboxylic acids is 1. The smallest absolute Gasteiger partial charge is 0.194 e. The van der Waals surface area contributed by atoms with Crippen LogP contribution in [0.1, 0.15) is 15.9 Å². The average Bonchev–Trinajstić information content (AvgIpc) is 2.29. The number of anilines is 1. The molecule has 0 aromatic heterocycles. The fraction of sp³-hybridized carbons (Fsp3) is 0. The first-order valence-electron chi connectivity index (χ1n) is 4.93. The summed E-state index contributed by atoms with van der Waals surface area (Å²) in [6, 6.07) is 11.9. The van der Waals surface area contributed by atoms with Crippen molar-refractivity contribution in [1.29, 1.82) is 0 Å². The first-order valence-corrected chi connectivity index (χ1v) is 6.10. The molecule has 0 saturated carbocycles. The molecule has 4 heteroatoms. The third kappa shape index (κ3) is 2.68. The highest BCUT2D eigenvalue weighted by atomic mass is 79.9. The number of carbonyl (C=O) groups is 1. The molecule has 2 aromatic rings. The fourth-order valence-electron chi connectivity index (χ4n) is 1.46. The van der Waals surface area contributed by atoms with E-state index < -0.39 is 0 Å². The summed E-state index contributed by atoms with van der Waals surface area (Å²) in [4.78, 5) is 12.2. The third-order valence-corrected chi connectivity index (χ3v) is 3.24. The predicted octanol–water partition coefficient (Wildman–Crippen LogP) is 3.92. The van der Waals surface area contributed by atoms with E-state index >= 15 is 0 Å². The summed E-state index contributed by atoms with van der Waals surface area (Å²) < 4.78 is 0.687. The van der Waals surface area contributed by atoms with Gasteiger partial charge in [0.1, 0.15) is 0 Å². The molecule has 0 amide bonds. The highest BCUT2D eigenvalue weighted by Gasteiger charge is 2.12. The largest absolute Gasteiger partial charge is 0.399 e. The van der Waals surface area contributed by atoms with Gasteiger partial charge in [0.05, 0.1) is 0 Å². The van der Waals surface area contributed by atoms with Crippen molar-refractivity contribution >= 4 is 39.0 Å². The minimum Gasteiger partial charge on any atom is -0.399 e. The molecule has 2 nitrogen and oxygen atoms in total. The molecule has 17 heavy (non-hydrogen) atoms. The molecule has 0 radical (unpaired) electrons.